The van der Waals surface area contributed by atoms with Crippen molar-refractivity contribution in [3.05, 3.63) is 35.2 Å². The van der Waals surface area contributed by atoms with Gasteiger partial charge in [-0.25, -0.2) is 9.97 Å². The van der Waals surface area contributed by atoms with Crippen molar-refractivity contribution in [3.8, 4) is 0 Å². The van der Waals surface area contributed by atoms with E-state index in [1.165, 1.54) is 11.9 Å². The normalized spacial score (nSPS) is 22.7. The predicted molar refractivity (Wildman–Crippen MR) is 105 cm³/mol. The second-order valence-corrected chi connectivity index (χ2v) is 9.18. The van der Waals surface area contributed by atoms with Gasteiger partial charge < -0.3 is 4.90 Å². The number of anilines is 1. The van der Waals surface area contributed by atoms with Gasteiger partial charge in [-0.15, -0.1) is 11.3 Å². The Kier molecular flexibility index (Phi) is 4.50. The molecule has 0 saturated carbocycles. The number of aryl methyl sites for hydroxylation is 1. The number of nitrogens with zero attached hydrogens (tertiary/aromatic N) is 6. The van der Waals surface area contributed by atoms with Crippen molar-refractivity contribution in [1.29, 1.82) is 0 Å². The second kappa shape index (κ2) is 6.94. The molecule has 5 rings (SSSR count). The van der Waals surface area contributed by atoms with Crippen molar-refractivity contribution in [2.24, 2.45) is 18.9 Å². The third kappa shape index (κ3) is 3.83. The summed E-state index contributed by atoms with van der Waals surface area (Å²) in [5.41, 5.74) is 1.22. The van der Waals surface area contributed by atoms with Crippen molar-refractivity contribution in [1.82, 2.24) is 24.6 Å². The lowest BCUT2D eigenvalue weighted by Gasteiger charge is -2.22. The highest BCUT2D eigenvalue weighted by Crippen LogP contribution is 2.38. The first-order valence-corrected chi connectivity index (χ1v) is 10.4. The average Bonchev–Trinajstić information content (AvgIpc) is 3.36. The number of rotatable bonds is 4. The van der Waals surface area contributed by atoms with Gasteiger partial charge in [0.25, 0.3) is 0 Å². The van der Waals surface area contributed by atoms with Gasteiger partial charge in [0.15, 0.2) is 0 Å². The molecular weight excluding hydrogens is 401 g/mol. The Morgan fingerprint density at radius 3 is 2.55 bits per heavy atom. The first-order chi connectivity index (χ1) is 13.8. The first kappa shape index (κ1) is 18.8. The minimum absolute atomic E-state index is 0.288. The minimum Gasteiger partial charge on any atom is -0.355 e. The van der Waals surface area contributed by atoms with E-state index in [9.17, 15) is 13.2 Å². The maximum atomic E-state index is 12.8. The van der Waals surface area contributed by atoms with Crippen molar-refractivity contribution in [3.63, 3.8) is 0 Å². The van der Waals surface area contributed by atoms with Gasteiger partial charge in [0, 0.05) is 56.4 Å². The van der Waals surface area contributed by atoms with Crippen LogP contribution >= 0.6 is 11.3 Å². The van der Waals surface area contributed by atoms with Gasteiger partial charge >= 0.3 is 6.18 Å². The molecule has 2 fully saturated rings. The Labute approximate surface area is 170 Å². The second-order valence-electron chi connectivity index (χ2n) is 8.06. The van der Waals surface area contributed by atoms with E-state index in [2.05, 4.69) is 24.9 Å². The number of fused-ring (bicyclic) bond motifs is 2. The number of alkyl halides is 3. The molecule has 2 aliphatic heterocycles. The third-order valence-electron chi connectivity index (χ3n) is 5.76. The molecule has 0 aliphatic carbocycles. The van der Waals surface area contributed by atoms with E-state index in [0.717, 1.165) is 55.3 Å². The van der Waals surface area contributed by atoms with Gasteiger partial charge in [0.2, 0.25) is 0 Å². The number of likely N-dealkylation sites (tertiary alicyclic amines) is 1. The monoisotopic (exact) mass is 422 g/mol. The Balaban J connectivity index is 1.29. The summed E-state index contributed by atoms with van der Waals surface area (Å²) in [6, 6.07) is 1.62. The van der Waals surface area contributed by atoms with Crippen molar-refractivity contribution < 1.29 is 13.2 Å². The van der Waals surface area contributed by atoms with Gasteiger partial charge in [-0.3, -0.25) is 9.58 Å². The lowest BCUT2D eigenvalue weighted by Crippen LogP contribution is -2.29. The molecular formula is C19H21F3N6S. The molecule has 2 saturated heterocycles. The Bertz CT molecular complexity index is 1010. The molecule has 29 heavy (non-hydrogen) atoms. The smallest absolute Gasteiger partial charge is 0.355 e. The van der Waals surface area contributed by atoms with E-state index in [1.54, 1.807) is 6.07 Å². The lowest BCUT2D eigenvalue weighted by atomic mass is 10.0. The van der Waals surface area contributed by atoms with Gasteiger partial charge in [0.1, 0.15) is 17.0 Å². The fourth-order valence-corrected chi connectivity index (χ4v) is 5.65. The number of halogens is 3. The van der Waals surface area contributed by atoms with E-state index in [0.29, 0.717) is 16.7 Å². The van der Waals surface area contributed by atoms with E-state index in [4.69, 9.17) is 0 Å². The van der Waals surface area contributed by atoms with E-state index in [-0.39, 0.29) is 4.88 Å². The van der Waals surface area contributed by atoms with Crippen LogP contribution in [0.2, 0.25) is 0 Å². The summed E-state index contributed by atoms with van der Waals surface area (Å²) < 4.78 is 40.1. The fraction of sp³-hybridized carbons (Fsp3) is 0.526. The van der Waals surface area contributed by atoms with Crippen molar-refractivity contribution in [2.45, 2.75) is 19.1 Å². The lowest BCUT2D eigenvalue weighted by molar-refractivity contribution is -0.126. The molecule has 3 aromatic heterocycles. The van der Waals surface area contributed by atoms with Crippen LogP contribution in [0, 0.1) is 11.8 Å². The molecule has 0 aromatic carbocycles. The average molecular weight is 422 g/mol. The third-order valence-corrected chi connectivity index (χ3v) is 6.80. The van der Waals surface area contributed by atoms with E-state index in [1.807, 2.05) is 24.1 Å². The van der Waals surface area contributed by atoms with Gasteiger partial charge in [-0.2, -0.15) is 18.3 Å². The Morgan fingerprint density at radius 2 is 1.90 bits per heavy atom. The van der Waals surface area contributed by atoms with Crippen LogP contribution in [-0.4, -0.2) is 57.0 Å². The van der Waals surface area contributed by atoms with Crippen LogP contribution in [0.3, 0.4) is 0 Å². The number of thiophene rings is 1. The highest BCUT2D eigenvalue weighted by molar-refractivity contribution is 7.18. The van der Waals surface area contributed by atoms with Crippen LogP contribution in [0.5, 0.6) is 0 Å². The maximum Gasteiger partial charge on any atom is 0.393 e. The van der Waals surface area contributed by atoms with E-state index >= 15 is 0 Å². The quantitative estimate of drug-likeness (QED) is 0.647. The fourth-order valence-electron chi connectivity index (χ4n) is 4.63. The Morgan fingerprint density at radius 1 is 1.14 bits per heavy atom. The highest BCUT2D eigenvalue weighted by Gasteiger charge is 2.41. The van der Waals surface area contributed by atoms with Gasteiger partial charge in [-0.1, -0.05) is 0 Å². The zero-order chi connectivity index (χ0) is 20.2. The number of hydrogen-bond acceptors (Lipinski definition) is 6. The van der Waals surface area contributed by atoms with Gasteiger partial charge in [-0.05, 0) is 17.9 Å². The SMILES string of the molecule is Cn1cc(CN2CC3CN(c4ncnc5sc(CC(F)(F)F)cc45)CC3C2)cn1. The summed E-state index contributed by atoms with van der Waals surface area (Å²) in [7, 11) is 1.92. The number of aromatic nitrogens is 4. The molecule has 0 spiro atoms. The van der Waals surface area contributed by atoms with Crippen LogP contribution in [0.15, 0.2) is 24.8 Å². The minimum atomic E-state index is -4.21. The van der Waals surface area contributed by atoms with Gasteiger partial charge in [0.05, 0.1) is 18.0 Å². The molecule has 6 nitrogen and oxygen atoms in total. The predicted octanol–water partition coefficient (Wildman–Crippen LogP) is 3.10. The summed E-state index contributed by atoms with van der Waals surface area (Å²) in [6.45, 7) is 4.71. The largest absolute Gasteiger partial charge is 0.393 e. The zero-order valence-corrected chi connectivity index (χ0v) is 16.7. The van der Waals surface area contributed by atoms with Crippen LogP contribution in [0.4, 0.5) is 19.0 Å². The van der Waals surface area contributed by atoms with Crippen molar-refractivity contribution in [2.75, 3.05) is 31.1 Å². The van der Waals surface area contributed by atoms with Crippen LogP contribution in [0.1, 0.15) is 10.4 Å². The molecule has 0 N–H and O–H groups in total. The molecule has 2 atom stereocenters. The molecule has 2 aliphatic rings. The van der Waals surface area contributed by atoms with Crippen molar-refractivity contribution >= 4 is 27.4 Å². The maximum absolute atomic E-state index is 12.8. The molecule has 2 unspecified atom stereocenters. The summed E-state index contributed by atoms with van der Waals surface area (Å²) in [5, 5.41) is 4.97. The van der Waals surface area contributed by atoms with Crippen LogP contribution < -0.4 is 4.90 Å². The summed E-state index contributed by atoms with van der Waals surface area (Å²) >= 11 is 1.11. The molecule has 154 valence electrons. The molecule has 0 amide bonds. The topological polar surface area (TPSA) is 50.1 Å². The first-order valence-electron chi connectivity index (χ1n) is 9.59. The summed E-state index contributed by atoms with van der Waals surface area (Å²) in [6.07, 6.45) is 0.299. The van der Waals surface area contributed by atoms with Crippen LogP contribution in [-0.2, 0) is 20.0 Å². The standard InChI is InChI=1S/C19H21F3N6S/c1-26-5-12(4-25-26)6-27-7-13-9-28(10-14(13)8-27)17-16-2-15(3-19(20,21)22)29-18(16)24-11-23-17/h2,4-5,11,13-14H,3,6-10H2,1H3. The highest BCUT2D eigenvalue weighted by atomic mass is 32.1. The molecule has 3 aromatic rings. The molecule has 0 radical (unpaired) electrons. The number of hydrogen-bond donors (Lipinski definition) is 0. The molecule has 10 heteroatoms. The summed E-state index contributed by atoms with van der Waals surface area (Å²) in [5.74, 6) is 1.86. The summed E-state index contributed by atoms with van der Waals surface area (Å²) in [4.78, 5) is 14.2. The van der Waals surface area contributed by atoms with Crippen LogP contribution in [0.25, 0.3) is 10.2 Å². The molecule has 5 heterocycles. The zero-order valence-electron chi connectivity index (χ0n) is 15.9. The Hall–Kier alpha value is -2.20. The van der Waals surface area contributed by atoms with E-state index < -0.39 is 12.6 Å². The molecule has 0 bridgehead atoms.